The molecule has 0 radical (unpaired) electrons. The van der Waals surface area contributed by atoms with Crippen molar-refractivity contribution in [1.29, 1.82) is 0 Å². The van der Waals surface area contributed by atoms with Gasteiger partial charge in [-0.15, -0.1) is 0 Å². The van der Waals surface area contributed by atoms with Crippen LogP contribution in [0.3, 0.4) is 0 Å². The highest BCUT2D eigenvalue weighted by atomic mass is 32.2. The molecule has 1 aromatic rings. The summed E-state index contributed by atoms with van der Waals surface area (Å²) < 4.78 is 26.9. The number of thioether (sulfide) groups is 1. The van der Waals surface area contributed by atoms with Gasteiger partial charge >= 0.3 is 0 Å². The average Bonchev–Trinajstić information content (AvgIpc) is 2.43. The second kappa shape index (κ2) is 7.45. The van der Waals surface area contributed by atoms with Gasteiger partial charge in [-0.1, -0.05) is 12.1 Å². The van der Waals surface area contributed by atoms with Crippen LogP contribution in [0, 0.1) is 6.92 Å². The molecule has 114 valence electrons. The molecule has 0 bridgehead atoms. The van der Waals surface area contributed by atoms with Crippen molar-refractivity contribution in [2.24, 2.45) is 5.73 Å². The molecule has 1 unspecified atom stereocenters. The Balaban J connectivity index is 3.10. The van der Waals surface area contributed by atoms with Crippen LogP contribution in [-0.4, -0.2) is 37.8 Å². The number of benzene rings is 1. The predicted molar refractivity (Wildman–Crippen MR) is 86.5 cm³/mol. The molecule has 6 heteroatoms. The van der Waals surface area contributed by atoms with Gasteiger partial charge in [-0.3, -0.25) is 0 Å². The summed E-state index contributed by atoms with van der Waals surface area (Å²) in [7, 11) is -1.82. The maximum atomic E-state index is 12.7. The van der Waals surface area contributed by atoms with E-state index in [1.165, 1.54) is 4.31 Å². The molecular weight excluding hydrogens is 292 g/mol. The molecule has 0 aliphatic carbocycles. The monoisotopic (exact) mass is 316 g/mol. The molecule has 0 fully saturated rings. The Morgan fingerprint density at radius 1 is 1.40 bits per heavy atom. The van der Waals surface area contributed by atoms with Crippen molar-refractivity contribution >= 4 is 21.8 Å². The number of hydrogen-bond acceptors (Lipinski definition) is 4. The van der Waals surface area contributed by atoms with E-state index in [2.05, 4.69) is 0 Å². The van der Waals surface area contributed by atoms with Gasteiger partial charge in [-0.2, -0.15) is 16.1 Å². The summed E-state index contributed by atoms with van der Waals surface area (Å²) in [4.78, 5) is 0.360. The lowest BCUT2D eigenvalue weighted by molar-refractivity contribution is 0.382. The second-order valence-electron chi connectivity index (χ2n) is 4.90. The molecule has 2 N–H and O–H groups in total. The van der Waals surface area contributed by atoms with Crippen LogP contribution in [0.1, 0.15) is 24.5 Å². The summed E-state index contributed by atoms with van der Waals surface area (Å²) in [6, 6.07) is 5.25. The van der Waals surface area contributed by atoms with Crippen LogP contribution in [-0.2, 0) is 16.6 Å². The van der Waals surface area contributed by atoms with Crippen molar-refractivity contribution in [1.82, 2.24) is 4.31 Å². The molecule has 1 aromatic carbocycles. The highest BCUT2D eigenvalue weighted by Crippen LogP contribution is 2.24. The molecule has 0 saturated heterocycles. The van der Waals surface area contributed by atoms with Gasteiger partial charge in [0.2, 0.25) is 10.0 Å². The van der Waals surface area contributed by atoms with E-state index in [-0.39, 0.29) is 6.04 Å². The van der Waals surface area contributed by atoms with Crippen molar-refractivity contribution in [3.63, 3.8) is 0 Å². The van der Waals surface area contributed by atoms with Gasteiger partial charge in [0.1, 0.15) is 0 Å². The molecule has 1 rings (SSSR count). The number of nitrogens with zero attached hydrogens (tertiary/aromatic N) is 1. The molecule has 20 heavy (non-hydrogen) atoms. The number of sulfonamides is 1. The highest BCUT2D eigenvalue weighted by molar-refractivity contribution is 7.98. The van der Waals surface area contributed by atoms with Gasteiger partial charge in [0, 0.05) is 19.6 Å². The summed E-state index contributed by atoms with van der Waals surface area (Å²) in [5.74, 6) is 0.947. The van der Waals surface area contributed by atoms with Gasteiger partial charge < -0.3 is 5.73 Å². The molecular formula is C14H24N2O2S2. The third-order valence-electron chi connectivity index (χ3n) is 3.63. The van der Waals surface area contributed by atoms with E-state index < -0.39 is 10.0 Å². The van der Waals surface area contributed by atoms with E-state index in [4.69, 9.17) is 5.73 Å². The maximum absolute atomic E-state index is 12.7. The highest BCUT2D eigenvalue weighted by Gasteiger charge is 2.27. The van der Waals surface area contributed by atoms with Crippen LogP contribution < -0.4 is 5.73 Å². The van der Waals surface area contributed by atoms with E-state index in [0.29, 0.717) is 11.4 Å². The minimum Gasteiger partial charge on any atom is -0.326 e. The maximum Gasteiger partial charge on any atom is 0.243 e. The topological polar surface area (TPSA) is 63.4 Å². The number of rotatable bonds is 7. The third kappa shape index (κ3) is 3.75. The van der Waals surface area contributed by atoms with Crippen molar-refractivity contribution in [3.05, 3.63) is 29.3 Å². The quantitative estimate of drug-likeness (QED) is 0.838. The Bertz CT molecular complexity index is 544. The van der Waals surface area contributed by atoms with Crippen LogP contribution in [0.25, 0.3) is 0 Å². The number of hydrogen-bond donors (Lipinski definition) is 1. The predicted octanol–water partition coefficient (Wildman–Crippen LogP) is 2.22. The van der Waals surface area contributed by atoms with Gasteiger partial charge in [-0.05, 0) is 49.5 Å². The fraction of sp³-hybridized carbons (Fsp3) is 0.571. The van der Waals surface area contributed by atoms with Crippen LogP contribution in [0.15, 0.2) is 23.1 Å². The Hall–Kier alpha value is -0.560. The summed E-state index contributed by atoms with van der Waals surface area (Å²) >= 11 is 1.73. The van der Waals surface area contributed by atoms with Crippen molar-refractivity contribution in [2.45, 2.75) is 37.8 Å². The standard InChI is InChI=1S/C14H24N2O2S2/c1-11(8-9-19-4)16(3)20(17,18)14-7-5-6-13(10-15)12(14)2/h5-7,11H,8-10,15H2,1-4H3. The van der Waals surface area contributed by atoms with Crippen molar-refractivity contribution in [3.8, 4) is 0 Å². The average molecular weight is 316 g/mol. The van der Waals surface area contributed by atoms with Crippen LogP contribution in [0.4, 0.5) is 0 Å². The minimum atomic E-state index is -3.46. The van der Waals surface area contributed by atoms with Crippen LogP contribution in [0.5, 0.6) is 0 Å². The zero-order chi connectivity index (χ0) is 15.3. The summed E-state index contributed by atoms with van der Waals surface area (Å²) in [5.41, 5.74) is 7.27. The number of nitrogens with two attached hydrogens (primary N) is 1. The van der Waals surface area contributed by atoms with Gasteiger partial charge in [0.05, 0.1) is 4.90 Å². The van der Waals surface area contributed by atoms with Crippen LogP contribution >= 0.6 is 11.8 Å². The van der Waals surface area contributed by atoms with Crippen molar-refractivity contribution in [2.75, 3.05) is 19.1 Å². The molecule has 0 aliphatic heterocycles. The zero-order valence-electron chi connectivity index (χ0n) is 12.6. The molecule has 0 heterocycles. The summed E-state index contributed by atoms with van der Waals surface area (Å²) in [6.45, 7) is 4.10. The smallest absolute Gasteiger partial charge is 0.243 e. The first-order valence-corrected chi connectivity index (χ1v) is 9.45. The fourth-order valence-corrected chi connectivity index (χ4v) is 4.26. The van der Waals surface area contributed by atoms with Gasteiger partial charge in [0.15, 0.2) is 0 Å². The lowest BCUT2D eigenvalue weighted by atomic mass is 10.1. The Morgan fingerprint density at radius 2 is 2.05 bits per heavy atom. The molecule has 0 aliphatic rings. The molecule has 0 saturated carbocycles. The minimum absolute atomic E-state index is 0.0200. The summed E-state index contributed by atoms with van der Waals surface area (Å²) in [6.07, 6.45) is 2.86. The van der Waals surface area contributed by atoms with E-state index in [1.54, 1.807) is 30.9 Å². The molecule has 0 amide bonds. The molecule has 1 atom stereocenters. The van der Waals surface area contributed by atoms with E-state index in [0.717, 1.165) is 23.3 Å². The normalized spacial score (nSPS) is 13.7. The van der Waals surface area contributed by atoms with Gasteiger partial charge in [0.25, 0.3) is 0 Å². The van der Waals surface area contributed by atoms with Gasteiger partial charge in [-0.25, -0.2) is 8.42 Å². The first-order valence-electron chi connectivity index (χ1n) is 6.61. The first kappa shape index (κ1) is 17.5. The molecule has 4 nitrogen and oxygen atoms in total. The Morgan fingerprint density at radius 3 is 2.60 bits per heavy atom. The zero-order valence-corrected chi connectivity index (χ0v) is 14.2. The lowest BCUT2D eigenvalue weighted by Crippen LogP contribution is -2.36. The fourth-order valence-electron chi connectivity index (χ4n) is 2.02. The molecule has 0 spiro atoms. The van der Waals surface area contributed by atoms with E-state index in [1.807, 2.05) is 26.2 Å². The van der Waals surface area contributed by atoms with Crippen molar-refractivity contribution < 1.29 is 8.42 Å². The Kier molecular flexibility index (Phi) is 6.51. The molecule has 0 aromatic heterocycles. The SMILES string of the molecule is CSCCC(C)N(C)S(=O)(=O)c1cccc(CN)c1C. The van der Waals surface area contributed by atoms with E-state index >= 15 is 0 Å². The lowest BCUT2D eigenvalue weighted by Gasteiger charge is -2.25. The first-order chi connectivity index (χ1) is 9.36. The largest absolute Gasteiger partial charge is 0.326 e. The second-order valence-corrected chi connectivity index (χ2v) is 7.85. The van der Waals surface area contributed by atoms with E-state index in [9.17, 15) is 8.42 Å². The Labute approximate surface area is 126 Å². The summed E-state index contributed by atoms with van der Waals surface area (Å²) in [5, 5.41) is 0. The van der Waals surface area contributed by atoms with Crippen LogP contribution in [0.2, 0.25) is 0 Å². The third-order valence-corrected chi connectivity index (χ3v) is 6.39.